The molecule has 0 spiro atoms. The van der Waals surface area contributed by atoms with Crippen LogP contribution in [0.5, 0.6) is 0 Å². The number of carbonyl (C=O) groups is 2. The molecule has 0 saturated carbocycles. The van der Waals surface area contributed by atoms with E-state index in [1.54, 1.807) is 12.1 Å². The summed E-state index contributed by atoms with van der Waals surface area (Å²) >= 11 is 0. The number of anilines is 1. The molecule has 1 saturated heterocycles. The molecule has 1 atom stereocenters. The molecule has 17 heavy (non-hydrogen) atoms. The summed E-state index contributed by atoms with van der Waals surface area (Å²) in [6.45, 7) is 2.40. The number of nitrogen functional groups attached to an aromatic ring is 1. The number of benzene rings is 1. The third kappa shape index (κ3) is 2.55. The standard InChI is InChI=1S/C12H15N3O2/c1-7-2-3-9(10(13)4-7)12(17)15-8-5-11(16)14-6-8/h2-4,8H,5-6,13H2,1H3,(H,14,16)(H,15,17). The van der Waals surface area contributed by atoms with Gasteiger partial charge in [0, 0.05) is 18.7 Å². The highest BCUT2D eigenvalue weighted by Crippen LogP contribution is 2.14. The van der Waals surface area contributed by atoms with Crippen molar-refractivity contribution in [3.63, 3.8) is 0 Å². The smallest absolute Gasteiger partial charge is 0.253 e. The van der Waals surface area contributed by atoms with Gasteiger partial charge in [0.1, 0.15) is 0 Å². The van der Waals surface area contributed by atoms with Crippen LogP contribution in [0.15, 0.2) is 18.2 Å². The normalized spacial score (nSPS) is 18.9. The van der Waals surface area contributed by atoms with Gasteiger partial charge in [-0.25, -0.2) is 0 Å². The average Bonchev–Trinajstić information content (AvgIpc) is 2.63. The summed E-state index contributed by atoms with van der Waals surface area (Å²) in [6.07, 6.45) is 0.331. The average molecular weight is 233 g/mol. The van der Waals surface area contributed by atoms with Gasteiger partial charge in [-0.1, -0.05) is 6.07 Å². The molecule has 0 bridgehead atoms. The van der Waals surface area contributed by atoms with Crippen LogP contribution in [0.25, 0.3) is 0 Å². The Bertz CT molecular complexity index is 471. The maximum Gasteiger partial charge on any atom is 0.253 e. The zero-order valence-corrected chi connectivity index (χ0v) is 9.62. The number of carbonyl (C=O) groups excluding carboxylic acids is 2. The zero-order chi connectivity index (χ0) is 12.4. The lowest BCUT2D eigenvalue weighted by atomic mass is 10.1. The molecule has 5 nitrogen and oxygen atoms in total. The van der Waals surface area contributed by atoms with Crippen molar-refractivity contribution in [3.8, 4) is 0 Å². The molecule has 1 unspecified atom stereocenters. The van der Waals surface area contributed by atoms with Crippen molar-refractivity contribution >= 4 is 17.5 Å². The van der Waals surface area contributed by atoms with Crippen molar-refractivity contribution in [1.29, 1.82) is 0 Å². The van der Waals surface area contributed by atoms with E-state index in [2.05, 4.69) is 10.6 Å². The molecule has 0 radical (unpaired) electrons. The van der Waals surface area contributed by atoms with Gasteiger partial charge < -0.3 is 16.4 Å². The fraction of sp³-hybridized carbons (Fsp3) is 0.333. The lowest BCUT2D eigenvalue weighted by Gasteiger charge is -2.12. The minimum Gasteiger partial charge on any atom is -0.398 e. The van der Waals surface area contributed by atoms with Crippen LogP contribution in [0.1, 0.15) is 22.3 Å². The number of nitrogens with two attached hydrogens (primary N) is 1. The fourth-order valence-electron chi connectivity index (χ4n) is 1.86. The Hall–Kier alpha value is -2.04. The van der Waals surface area contributed by atoms with Crippen LogP contribution in [0.3, 0.4) is 0 Å². The predicted octanol–water partition coefficient (Wildman–Crippen LogP) is 0.196. The maximum absolute atomic E-state index is 11.9. The summed E-state index contributed by atoms with van der Waals surface area (Å²) in [6, 6.07) is 5.15. The van der Waals surface area contributed by atoms with Crippen molar-refractivity contribution in [2.24, 2.45) is 0 Å². The minimum absolute atomic E-state index is 0.0350. The van der Waals surface area contributed by atoms with Crippen LogP contribution in [0.2, 0.25) is 0 Å². The second kappa shape index (κ2) is 4.45. The van der Waals surface area contributed by atoms with Crippen molar-refractivity contribution < 1.29 is 9.59 Å². The number of rotatable bonds is 2. The van der Waals surface area contributed by atoms with Gasteiger partial charge in [-0.2, -0.15) is 0 Å². The molecule has 1 heterocycles. The first-order chi connectivity index (χ1) is 8.06. The molecule has 5 heteroatoms. The number of amides is 2. The SMILES string of the molecule is Cc1ccc(C(=O)NC2CNC(=O)C2)c(N)c1. The van der Waals surface area contributed by atoms with Crippen LogP contribution < -0.4 is 16.4 Å². The second-order valence-corrected chi connectivity index (χ2v) is 4.27. The summed E-state index contributed by atoms with van der Waals surface area (Å²) in [5.41, 5.74) is 7.70. The molecule has 90 valence electrons. The Kier molecular flexibility index (Phi) is 2.99. The number of hydrogen-bond acceptors (Lipinski definition) is 3. The molecule has 1 aliphatic rings. The highest BCUT2D eigenvalue weighted by atomic mass is 16.2. The van der Waals surface area contributed by atoms with Crippen molar-refractivity contribution in [3.05, 3.63) is 29.3 Å². The van der Waals surface area contributed by atoms with Crippen LogP contribution in [-0.4, -0.2) is 24.4 Å². The Morgan fingerprint density at radius 2 is 2.29 bits per heavy atom. The Labute approximate surface area is 99.4 Å². The third-order valence-electron chi connectivity index (χ3n) is 2.76. The lowest BCUT2D eigenvalue weighted by molar-refractivity contribution is -0.119. The van der Waals surface area contributed by atoms with E-state index in [1.807, 2.05) is 13.0 Å². The summed E-state index contributed by atoms with van der Waals surface area (Å²) < 4.78 is 0. The first kappa shape index (κ1) is 11.4. The Morgan fingerprint density at radius 3 is 2.88 bits per heavy atom. The molecule has 1 aliphatic heterocycles. The van der Waals surface area contributed by atoms with E-state index in [9.17, 15) is 9.59 Å². The van der Waals surface area contributed by atoms with Gasteiger partial charge in [0.2, 0.25) is 5.91 Å². The summed E-state index contributed by atoms with van der Waals surface area (Å²) in [5.74, 6) is -0.267. The number of hydrogen-bond donors (Lipinski definition) is 3. The summed E-state index contributed by atoms with van der Waals surface area (Å²) in [7, 11) is 0. The van der Waals surface area contributed by atoms with Gasteiger partial charge in [-0.05, 0) is 24.6 Å². The van der Waals surface area contributed by atoms with Crippen LogP contribution >= 0.6 is 0 Å². The van der Waals surface area contributed by atoms with Crippen molar-refractivity contribution in [2.45, 2.75) is 19.4 Å². The molecule has 0 aromatic heterocycles. The molecule has 1 fully saturated rings. The van der Waals surface area contributed by atoms with Crippen LogP contribution in [0.4, 0.5) is 5.69 Å². The largest absolute Gasteiger partial charge is 0.398 e. The maximum atomic E-state index is 11.9. The predicted molar refractivity (Wildman–Crippen MR) is 64.5 cm³/mol. The van der Waals surface area contributed by atoms with E-state index in [1.165, 1.54) is 0 Å². The van der Waals surface area contributed by atoms with Gasteiger partial charge in [0.15, 0.2) is 0 Å². The molecular weight excluding hydrogens is 218 g/mol. The molecule has 1 aromatic rings. The molecule has 4 N–H and O–H groups in total. The highest BCUT2D eigenvalue weighted by Gasteiger charge is 2.23. The minimum atomic E-state index is -0.232. The summed E-state index contributed by atoms with van der Waals surface area (Å²) in [4.78, 5) is 22.9. The molecule has 1 aromatic carbocycles. The fourth-order valence-corrected chi connectivity index (χ4v) is 1.86. The van der Waals surface area contributed by atoms with Crippen LogP contribution in [0, 0.1) is 6.92 Å². The Morgan fingerprint density at radius 1 is 1.53 bits per heavy atom. The molecule has 0 aliphatic carbocycles. The number of aryl methyl sites for hydroxylation is 1. The van der Waals surface area contributed by atoms with E-state index in [0.717, 1.165) is 5.56 Å². The molecule has 2 amide bonds. The molecule has 2 rings (SSSR count). The lowest BCUT2D eigenvalue weighted by Crippen LogP contribution is -2.36. The highest BCUT2D eigenvalue weighted by molar-refractivity contribution is 5.99. The van der Waals surface area contributed by atoms with Crippen LogP contribution in [-0.2, 0) is 4.79 Å². The van der Waals surface area contributed by atoms with Gasteiger partial charge in [0.25, 0.3) is 5.91 Å². The van der Waals surface area contributed by atoms with E-state index in [0.29, 0.717) is 24.2 Å². The number of nitrogens with one attached hydrogen (secondary N) is 2. The quantitative estimate of drug-likeness (QED) is 0.638. The topological polar surface area (TPSA) is 84.2 Å². The van der Waals surface area contributed by atoms with E-state index >= 15 is 0 Å². The van der Waals surface area contributed by atoms with Crippen molar-refractivity contribution in [1.82, 2.24) is 10.6 Å². The second-order valence-electron chi connectivity index (χ2n) is 4.27. The Balaban J connectivity index is 2.07. The van der Waals surface area contributed by atoms with E-state index in [4.69, 9.17) is 5.73 Å². The van der Waals surface area contributed by atoms with E-state index in [-0.39, 0.29) is 17.9 Å². The van der Waals surface area contributed by atoms with Crippen molar-refractivity contribution in [2.75, 3.05) is 12.3 Å². The first-order valence-corrected chi connectivity index (χ1v) is 5.50. The summed E-state index contributed by atoms with van der Waals surface area (Å²) in [5, 5.41) is 5.45. The van der Waals surface area contributed by atoms with Gasteiger partial charge in [-0.3, -0.25) is 9.59 Å². The van der Waals surface area contributed by atoms with Gasteiger partial charge in [-0.15, -0.1) is 0 Å². The third-order valence-corrected chi connectivity index (χ3v) is 2.76. The van der Waals surface area contributed by atoms with Gasteiger partial charge in [0.05, 0.1) is 11.6 Å². The monoisotopic (exact) mass is 233 g/mol. The van der Waals surface area contributed by atoms with E-state index < -0.39 is 0 Å². The molecular formula is C12H15N3O2. The zero-order valence-electron chi connectivity index (χ0n) is 9.62. The van der Waals surface area contributed by atoms with Gasteiger partial charge >= 0.3 is 0 Å². The first-order valence-electron chi connectivity index (χ1n) is 5.50.